The summed E-state index contributed by atoms with van der Waals surface area (Å²) < 4.78 is 0. The Balaban J connectivity index is 2.12. The van der Waals surface area contributed by atoms with E-state index in [9.17, 15) is 9.59 Å². The standard InChI is InChI=1S/C15H19NO3S/c1-10-7-16(8-13(10)15(18)19)14(17)12-5-3-4-11(6-12)9-20-2/h3-6,10,13H,7-9H2,1-2H3,(H,18,19). The van der Waals surface area contributed by atoms with E-state index >= 15 is 0 Å². The maximum atomic E-state index is 12.4. The number of likely N-dealkylation sites (tertiary alicyclic amines) is 1. The molecule has 1 aromatic rings. The third kappa shape index (κ3) is 3.15. The molecule has 0 saturated carbocycles. The van der Waals surface area contributed by atoms with Crippen molar-refractivity contribution in [2.24, 2.45) is 11.8 Å². The summed E-state index contributed by atoms with van der Waals surface area (Å²) in [6, 6.07) is 7.58. The van der Waals surface area contributed by atoms with Crippen molar-refractivity contribution in [3.8, 4) is 0 Å². The monoisotopic (exact) mass is 293 g/mol. The van der Waals surface area contributed by atoms with Crippen LogP contribution in [0, 0.1) is 11.8 Å². The molecule has 5 heteroatoms. The van der Waals surface area contributed by atoms with Crippen molar-refractivity contribution in [3.05, 3.63) is 35.4 Å². The van der Waals surface area contributed by atoms with Gasteiger partial charge < -0.3 is 10.0 Å². The molecule has 1 heterocycles. The fourth-order valence-corrected chi connectivity index (χ4v) is 3.11. The van der Waals surface area contributed by atoms with E-state index in [1.165, 1.54) is 0 Å². The number of hydrogen-bond acceptors (Lipinski definition) is 3. The quantitative estimate of drug-likeness (QED) is 0.925. The van der Waals surface area contributed by atoms with E-state index in [1.807, 2.05) is 31.4 Å². The summed E-state index contributed by atoms with van der Waals surface area (Å²) in [6.45, 7) is 2.71. The minimum Gasteiger partial charge on any atom is -0.481 e. The van der Waals surface area contributed by atoms with Crippen molar-refractivity contribution in [1.29, 1.82) is 0 Å². The van der Waals surface area contributed by atoms with Crippen LogP contribution in [0.15, 0.2) is 24.3 Å². The molecule has 1 aliphatic rings. The SMILES string of the molecule is CSCc1cccc(C(=O)N2CC(C)C(C(=O)O)C2)c1. The molecule has 2 rings (SSSR count). The minimum atomic E-state index is -0.816. The van der Waals surface area contributed by atoms with Gasteiger partial charge in [-0.25, -0.2) is 0 Å². The van der Waals surface area contributed by atoms with Crippen molar-refractivity contribution < 1.29 is 14.7 Å². The zero-order valence-electron chi connectivity index (χ0n) is 11.7. The van der Waals surface area contributed by atoms with Gasteiger partial charge in [0.05, 0.1) is 5.92 Å². The Kier molecular flexibility index (Phi) is 4.70. The molecule has 0 aliphatic carbocycles. The molecule has 4 nitrogen and oxygen atoms in total. The highest BCUT2D eigenvalue weighted by atomic mass is 32.2. The lowest BCUT2D eigenvalue weighted by Gasteiger charge is -2.16. The van der Waals surface area contributed by atoms with Gasteiger partial charge in [0.15, 0.2) is 0 Å². The van der Waals surface area contributed by atoms with Crippen LogP contribution in [-0.4, -0.2) is 41.2 Å². The van der Waals surface area contributed by atoms with E-state index < -0.39 is 11.9 Å². The molecular weight excluding hydrogens is 274 g/mol. The zero-order chi connectivity index (χ0) is 14.7. The normalized spacial score (nSPS) is 22.0. The van der Waals surface area contributed by atoms with Crippen LogP contribution in [0.25, 0.3) is 0 Å². The maximum absolute atomic E-state index is 12.4. The molecule has 1 amide bonds. The average Bonchev–Trinajstić information content (AvgIpc) is 2.81. The number of carboxylic acid groups (broad SMARTS) is 1. The maximum Gasteiger partial charge on any atom is 0.308 e. The van der Waals surface area contributed by atoms with Gasteiger partial charge in [-0.1, -0.05) is 19.1 Å². The van der Waals surface area contributed by atoms with Crippen LogP contribution in [0.2, 0.25) is 0 Å². The number of carbonyl (C=O) groups excluding carboxylic acids is 1. The van der Waals surface area contributed by atoms with E-state index in [1.54, 1.807) is 22.7 Å². The van der Waals surface area contributed by atoms with Gasteiger partial charge in [0.1, 0.15) is 0 Å². The molecule has 0 aromatic heterocycles. The van der Waals surface area contributed by atoms with Gasteiger partial charge in [0.25, 0.3) is 5.91 Å². The number of thioether (sulfide) groups is 1. The van der Waals surface area contributed by atoms with Gasteiger partial charge in [-0.15, -0.1) is 0 Å². The second kappa shape index (κ2) is 6.31. The summed E-state index contributed by atoms with van der Waals surface area (Å²) in [5.74, 6) is -0.457. The number of carboxylic acids is 1. The molecule has 1 saturated heterocycles. The van der Waals surface area contributed by atoms with Crippen molar-refractivity contribution in [3.63, 3.8) is 0 Å². The summed E-state index contributed by atoms with van der Waals surface area (Å²) in [5.41, 5.74) is 1.76. The summed E-state index contributed by atoms with van der Waals surface area (Å²) in [4.78, 5) is 25.2. The Labute approximate surface area is 123 Å². The third-order valence-electron chi connectivity index (χ3n) is 3.70. The molecule has 2 atom stereocenters. The van der Waals surface area contributed by atoms with Crippen molar-refractivity contribution in [2.75, 3.05) is 19.3 Å². The molecular formula is C15H19NO3S. The van der Waals surface area contributed by atoms with Crippen molar-refractivity contribution in [2.45, 2.75) is 12.7 Å². The molecule has 0 spiro atoms. The van der Waals surface area contributed by atoms with E-state index in [-0.39, 0.29) is 11.8 Å². The fourth-order valence-electron chi connectivity index (χ4n) is 2.60. The van der Waals surface area contributed by atoms with Crippen molar-refractivity contribution in [1.82, 2.24) is 4.90 Å². The number of hydrogen-bond donors (Lipinski definition) is 1. The summed E-state index contributed by atoms with van der Waals surface area (Å²) in [6.07, 6.45) is 2.02. The number of rotatable bonds is 4. The summed E-state index contributed by atoms with van der Waals surface area (Å²) >= 11 is 1.71. The zero-order valence-corrected chi connectivity index (χ0v) is 12.5. The number of benzene rings is 1. The van der Waals surface area contributed by atoms with Crippen LogP contribution in [0.4, 0.5) is 0 Å². The molecule has 2 unspecified atom stereocenters. The molecule has 0 radical (unpaired) electrons. The van der Waals surface area contributed by atoms with E-state index in [0.29, 0.717) is 18.7 Å². The molecule has 0 bridgehead atoms. The highest BCUT2D eigenvalue weighted by Crippen LogP contribution is 2.25. The Hall–Kier alpha value is -1.49. The highest BCUT2D eigenvalue weighted by molar-refractivity contribution is 7.97. The first-order chi connectivity index (χ1) is 9.52. The van der Waals surface area contributed by atoms with Crippen LogP contribution in [-0.2, 0) is 10.5 Å². The largest absolute Gasteiger partial charge is 0.481 e. The lowest BCUT2D eigenvalue weighted by atomic mass is 9.99. The Morgan fingerprint density at radius 2 is 2.15 bits per heavy atom. The average molecular weight is 293 g/mol. The number of amides is 1. The van der Waals surface area contributed by atoms with Crippen LogP contribution in [0.5, 0.6) is 0 Å². The van der Waals surface area contributed by atoms with E-state index in [0.717, 1.165) is 11.3 Å². The topological polar surface area (TPSA) is 57.6 Å². The Morgan fingerprint density at radius 1 is 1.40 bits per heavy atom. The fraction of sp³-hybridized carbons (Fsp3) is 0.467. The molecule has 108 valence electrons. The van der Waals surface area contributed by atoms with Crippen LogP contribution >= 0.6 is 11.8 Å². The van der Waals surface area contributed by atoms with Gasteiger partial charge in [-0.05, 0) is 29.9 Å². The smallest absolute Gasteiger partial charge is 0.308 e. The molecule has 1 aliphatic heterocycles. The van der Waals surface area contributed by atoms with Gasteiger partial charge >= 0.3 is 5.97 Å². The first-order valence-electron chi connectivity index (χ1n) is 6.63. The second-order valence-electron chi connectivity index (χ2n) is 5.27. The summed E-state index contributed by atoms with van der Waals surface area (Å²) in [7, 11) is 0. The van der Waals surface area contributed by atoms with Crippen LogP contribution in [0.3, 0.4) is 0 Å². The van der Waals surface area contributed by atoms with Gasteiger partial charge in [0.2, 0.25) is 0 Å². The molecule has 1 fully saturated rings. The number of nitrogens with zero attached hydrogens (tertiary/aromatic N) is 1. The van der Waals surface area contributed by atoms with Gasteiger partial charge in [-0.2, -0.15) is 11.8 Å². The first kappa shape index (κ1) is 14.9. The lowest BCUT2D eigenvalue weighted by molar-refractivity contribution is -0.142. The number of carbonyl (C=O) groups is 2. The molecule has 1 aromatic carbocycles. The number of aliphatic carboxylic acids is 1. The highest BCUT2D eigenvalue weighted by Gasteiger charge is 2.37. The second-order valence-corrected chi connectivity index (χ2v) is 6.13. The third-order valence-corrected chi connectivity index (χ3v) is 4.32. The van der Waals surface area contributed by atoms with Crippen LogP contribution < -0.4 is 0 Å². The molecule has 1 N–H and O–H groups in total. The van der Waals surface area contributed by atoms with Gasteiger partial charge in [0, 0.05) is 24.4 Å². The predicted molar refractivity (Wildman–Crippen MR) is 79.9 cm³/mol. The Morgan fingerprint density at radius 3 is 2.75 bits per heavy atom. The predicted octanol–water partition coefficient (Wildman–Crippen LogP) is 2.34. The first-order valence-corrected chi connectivity index (χ1v) is 8.02. The van der Waals surface area contributed by atoms with E-state index in [4.69, 9.17) is 5.11 Å². The minimum absolute atomic E-state index is 0.00540. The molecule has 20 heavy (non-hydrogen) atoms. The summed E-state index contributed by atoms with van der Waals surface area (Å²) in [5, 5.41) is 9.13. The lowest BCUT2D eigenvalue weighted by Crippen LogP contribution is -2.30. The van der Waals surface area contributed by atoms with Crippen LogP contribution in [0.1, 0.15) is 22.8 Å². The van der Waals surface area contributed by atoms with E-state index in [2.05, 4.69) is 0 Å². The Bertz CT molecular complexity index is 518. The van der Waals surface area contributed by atoms with Crippen molar-refractivity contribution >= 4 is 23.6 Å². The van der Waals surface area contributed by atoms with Gasteiger partial charge in [-0.3, -0.25) is 9.59 Å².